The van der Waals surface area contributed by atoms with Crippen LogP contribution in [0.25, 0.3) is 0 Å². The van der Waals surface area contributed by atoms with Crippen LogP contribution < -0.4 is 10.2 Å². The van der Waals surface area contributed by atoms with Gasteiger partial charge < -0.3 is 14.6 Å². The predicted molar refractivity (Wildman–Crippen MR) is 79.6 cm³/mol. The van der Waals surface area contributed by atoms with Crippen LogP contribution in [0.4, 0.5) is 5.69 Å². The van der Waals surface area contributed by atoms with Crippen molar-refractivity contribution in [2.45, 2.75) is 19.4 Å². The molecule has 2 rings (SSSR count). The third-order valence-electron chi connectivity index (χ3n) is 3.31. The molecule has 19 heavy (non-hydrogen) atoms. The first-order chi connectivity index (χ1) is 9.16. The molecule has 0 aliphatic heterocycles. The lowest BCUT2D eigenvalue weighted by molar-refractivity contribution is 0.486. The van der Waals surface area contributed by atoms with Crippen molar-refractivity contribution < 1.29 is 4.42 Å². The van der Waals surface area contributed by atoms with E-state index in [9.17, 15) is 0 Å². The molecule has 0 aliphatic carbocycles. The molecule has 1 unspecified atom stereocenters. The van der Waals surface area contributed by atoms with Gasteiger partial charge in [0.25, 0.3) is 0 Å². The van der Waals surface area contributed by atoms with Crippen LogP contribution in [0, 0.1) is 0 Å². The molecule has 1 aromatic heterocycles. The monoisotopic (exact) mass is 258 g/mol. The molecule has 3 heteroatoms. The van der Waals surface area contributed by atoms with Gasteiger partial charge in [0.15, 0.2) is 0 Å². The first kappa shape index (κ1) is 13.7. The van der Waals surface area contributed by atoms with Crippen molar-refractivity contribution in [1.82, 2.24) is 5.32 Å². The summed E-state index contributed by atoms with van der Waals surface area (Å²) in [4.78, 5) is 2.11. The maximum atomic E-state index is 5.32. The van der Waals surface area contributed by atoms with Crippen LogP contribution in [0.2, 0.25) is 0 Å². The molecule has 0 aliphatic rings. The Morgan fingerprint density at radius 2 is 1.89 bits per heavy atom. The molecule has 0 saturated carbocycles. The van der Waals surface area contributed by atoms with E-state index in [1.165, 1.54) is 11.3 Å². The Hall–Kier alpha value is -1.74. The van der Waals surface area contributed by atoms with Crippen LogP contribution in [0.3, 0.4) is 0 Å². The minimum absolute atomic E-state index is 0.353. The maximum absolute atomic E-state index is 5.32. The number of nitrogens with zero attached hydrogens (tertiary/aromatic N) is 1. The van der Waals surface area contributed by atoms with Gasteiger partial charge in [-0.1, -0.05) is 12.1 Å². The number of hydrogen-bond acceptors (Lipinski definition) is 3. The number of nitrogens with one attached hydrogen (secondary N) is 1. The molecule has 0 saturated heterocycles. The van der Waals surface area contributed by atoms with Crippen LogP contribution >= 0.6 is 0 Å². The number of benzene rings is 1. The third-order valence-corrected chi connectivity index (χ3v) is 3.31. The molecule has 102 valence electrons. The zero-order valence-electron chi connectivity index (χ0n) is 11.9. The molecule has 1 aromatic carbocycles. The molecule has 0 spiro atoms. The Balaban J connectivity index is 1.83. The van der Waals surface area contributed by atoms with E-state index < -0.39 is 0 Å². The van der Waals surface area contributed by atoms with Gasteiger partial charge >= 0.3 is 0 Å². The van der Waals surface area contributed by atoms with E-state index in [-0.39, 0.29) is 0 Å². The Bertz CT molecular complexity index is 474. The van der Waals surface area contributed by atoms with Crippen LogP contribution in [0.1, 0.15) is 24.3 Å². The lowest BCUT2D eigenvalue weighted by Crippen LogP contribution is -2.21. The van der Waals surface area contributed by atoms with Crippen LogP contribution in [-0.4, -0.2) is 20.6 Å². The Labute approximate surface area is 115 Å². The topological polar surface area (TPSA) is 28.4 Å². The Morgan fingerprint density at radius 3 is 2.47 bits per heavy atom. The zero-order valence-corrected chi connectivity index (χ0v) is 11.9. The van der Waals surface area contributed by atoms with E-state index in [2.05, 4.69) is 55.5 Å². The highest BCUT2D eigenvalue weighted by molar-refractivity contribution is 5.46. The van der Waals surface area contributed by atoms with Crippen molar-refractivity contribution in [2.24, 2.45) is 0 Å². The SMILES string of the molecule is CC(NCCc1ccco1)c1ccc(N(C)C)cc1. The summed E-state index contributed by atoms with van der Waals surface area (Å²) >= 11 is 0. The van der Waals surface area contributed by atoms with E-state index in [0.29, 0.717) is 6.04 Å². The van der Waals surface area contributed by atoms with Crippen LogP contribution in [-0.2, 0) is 6.42 Å². The van der Waals surface area contributed by atoms with Crippen molar-refractivity contribution in [2.75, 3.05) is 25.5 Å². The Kier molecular flexibility index (Phi) is 4.63. The summed E-state index contributed by atoms with van der Waals surface area (Å²) in [7, 11) is 4.11. The Morgan fingerprint density at radius 1 is 1.16 bits per heavy atom. The summed E-state index contributed by atoms with van der Waals surface area (Å²) < 4.78 is 5.32. The van der Waals surface area contributed by atoms with E-state index in [0.717, 1.165) is 18.7 Å². The highest BCUT2D eigenvalue weighted by Gasteiger charge is 2.05. The van der Waals surface area contributed by atoms with Crippen molar-refractivity contribution in [1.29, 1.82) is 0 Å². The lowest BCUT2D eigenvalue weighted by Gasteiger charge is -2.16. The molecule has 1 atom stereocenters. The van der Waals surface area contributed by atoms with E-state index >= 15 is 0 Å². The standard InChI is InChI=1S/C16H22N2O/c1-13(17-11-10-16-5-4-12-19-16)14-6-8-15(9-7-14)18(2)3/h4-9,12-13,17H,10-11H2,1-3H3. The fourth-order valence-electron chi connectivity index (χ4n) is 2.05. The van der Waals surface area contributed by atoms with E-state index in [1.54, 1.807) is 6.26 Å². The highest BCUT2D eigenvalue weighted by Crippen LogP contribution is 2.17. The third kappa shape index (κ3) is 3.86. The highest BCUT2D eigenvalue weighted by atomic mass is 16.3. The summed E-state index contributed by atoms with van der Waals surface area (Å²) in [6.07, 6.45) is 2.64. The number of furan rings is 1. The van der Waals surface area contributed by atoms with Gasteiger partial charge in [-0.05, 0) is 36.8 Å². The fraction of sp³-hybridized carbons (Fsp3) is 0.375. The van der Waals surface area contributed by atoms with Gasteiger partial charge in [0.1, 0.15) is 5.76 Å². The first-order valence-electron chi connectivity index (χ1n) is 6.70. The summed E-state index contributed by atoms with van der Waals surface area (Å²) in [5.74, 6) is 1.03. The second-order valence-corrected chi connectivity index (χ2v) is 4.99. The average Bonchev–Trinajstić information content (AvgIpc) is 2.92. The van der Waals surface area contributed by atoms with Gasteiger partial charge in [0.05, 0.1) is 6.26 Å². The molecule has 0 radical (unpaired) electrons. The maximum Gasteiger partial charge on any atom is 0.105 e. The van der Waals surface area contributed by atoms with Crippen molar-refractivity contribution in [3.05, 3.63) is 54.0 Å². The zero-order chi connectivity index (χ0) is 13.7. The van der Waals surface area contributed by atoms with Crippen LogP contribution in [0.15, 0.2) is 47.1 Å². The second kappa shape index (κ2) is 6.43. The lowest BCUT2D eigenvalue weighted by atomic mass is 10.1. The van der Waals surface area contributed by atoms with Gasteiger partial charge in [0.2, 0.25) is 0 Å². The fourth-order valence-corrected chi connectivity index (χ4v) is 2.05. The molecule has 1 N–H and O–H groups in total. The van der Waals surface area contributed by atoms with Crippen molar-refractivity contribution >= 4 is 5.69 Å². The first-order valence-corrected chi connectivity index (χ1v) is 6.70. The van der Waals surface area contributed by atoms with Gasteiger partial charge in [-0.25, -0.2) is 0 Å². The summed E-state index contributed by atoms with van der Waals surface area (Å²) in [6.45, 7) is 3.11. The van der Waals surface area contributed by atoms with E-state index in [4.69, 9.17) is 4.42 Å². The van der Waals surface area contributed by atoms with Gasteiger partial charge in [-0.3, -0.25) is 0 Å². The summed E-state index contributed by atoms with van der Waals surface area (Å²) in [5.41, 5.74) is 2.54. The quantitative estimate of drug-likeness (QED) is 0.862. The molecule has 2 aromatic rings. The average molecular weight is 258 g/mol. The van der Waals surface area contributed by atoms with E-state index in [1.807, 2.05) is 12.1 Å². The van der Waals surface area contributed by atoms with Crippen molar-refractivity contribution in [3.8, 4) is 0 Å². The number of rotatable bonds is 6. The molecule has 3 nitrogen and oxygen atoms in total. The molecule has 0 fully saturated rings. The normalized spacial score (nSPS) is 12.4. The minimum Gasteiger partial charge on any atom is -0.469 e. The predicted octanol–water partition coefficient (Wildman–Crippen LogP) is 3.24. The minimum atomic E-state index is 0.353. The summed E-state index contributed by atoms with van der Waals surface area (Å²) in [5, 5.41) is 3.51. The largest absolute Gasteiger partial charge is 0.469 e. The molecular weight excluding hydrogens is 236 g/mol. The second-order valence-electron chi connectivity index (χ2n) is 4.99. The molecule has 0 bridgehead atoms. The molecule has 1 heterocycles. The summed E-state index contributed by atoms with van der Waals surface area (Å²) in [6, 6.07) is 13.0. The van der Waals surface area contributed by atoms with Crippen molar-refractivity contribution in [3.63, 3.8) is 0 Å². The molecular formula is C16H22N2O. The van der Waals surface area contributed by atoms with Gasteiger partial charge in [-0.2, -0.15) is 0 Å². The molecule has 0 amide bonds. The van der Waals surface area contributed by atoms with Gasteiger partial charge in [-0.15, -0.1) is 0 Å². The smallest absolute Gasteiger partial charge is 0.105 e. The van der Waals surface area contributed by atoms with Gasteiger partial charge in [0, 0.05) is 38.8 Å². The number of hydrogen-bond donors (Lipinski definition) is 1. The number of anilines is 1. The van der Waals surface area contributed by atoms with Crippen LogP contribution in [0.5, 0.6) is 0 Å².